The molecule has 0 saturated heterocycles. The van der Waals surface area contributed by atoms with E-state index < -0.39 is 0 Å². The predicted molar refractivity (Wildman–Crippen MR) is 85.9 cm³/mol. The van der Waals surface area contributed by atoms with Gasteiger partial charge in [-0.1, -0.05) is 57.5 Å². The Morgan fingerprint density at radius 1 is 1.21 bits per heavy atom. The van der Waals surface area contributed by atoms with Gasteiger partial charge in [-0.05, 0) is 49.3 Å². The van der Waals surface area contributed by atoms with Crippen molar-refractivity contribution < 1.29 is 0 Å². The molecule has 0 aliphatic carbocycles. The Morgan fingerprint density at radius 2 is 1.84 bits per heavy atom. The summed E-state index contributed by atoms with van der Waals surface area (Å²) >= 11 is 6.24. The molecular weight excluding hydrogens is 254 g/mol. The molecule has 1 aromatic carbocycles. The Kier molecular flexibility index (Phi) is 6.35. The fraction of sp³-hybridized carbons (Fsp3) is 0.647. The van der Waals surface area contributed by atoms with Crippen LogP contribution in [0.5, 0.6) is 0 Å². The molecule has 1 N–H and O–H groups in total. The second-order valence-electron chi connectivity index (χ2n) is 6.89. The summed E-state index contributed by atoms with van der Waals surface area (Å²) < 4.78 is 0. The van der Waals surface area contributed by atoms with Crippen LogP contribution >= 0.6 is 11.6 Å². The van der Waals surface area contributed by atoms with Crippen LogP contribution in [0.3, 0.4) is 0 Å². The van der Waals surface area contributed by atoms with Crippen molar-refractivity contribution >= 4 is 11.6 Å². The van der Waals surface area contributed by atoms with E-state index >= 15 is 0 Å². The van der Waals surface area contributed by atoms with Crippen molar-refractivity contribution in [3.63, 3.8) is 0 Å². The van der Waals surface area contributed by atoms with Crippen molar-refractivity contribution in [1.82, 2.24) is 5.32 Å². The SMILES string of the molecule is CNC(Cc1ccccc1Cl)CC(C)CC(C)(C)C. The molecule has 0 amide bonds. The van der Waals surface area contributed by atoms with Gasteiger partial charge in [0.2, 0.25) is 0 Å². The molecule has 108 valence electrons. The fourth-order valence-corrected chi connectivity index (χ4v) is 3.06. The summed E-state index contributed by atoms with van der Waals surface area (Å²) in [4.78, 5) is 0. The van der Waals surface area contributed by atoms with E-state index in [0.29, 0.717) is 11.5 Å². The molecule has 2 heteroatoms. The summed E-state index contributed by atoms with van der Waals surface area (Å²) in [6, 6.07) is 8.65. The zero-order valence-electron chi connectivity index (χ0n) is 13.0. The smallest absolute Gasteiger partial charge is 0.0438 e. The molecule has 2 atom stereocenters. The lowest BCUT2D eigenvalue weighted by Gasteiger charge is -2.27. The number of hydrogen-bond donors (Lipinski definition) is 1. The molecule has 2 unspecified atom stereocenters. The van der Waals surface area contributed by atoms with Crippen LogP contribution in [0.2, 0.25) is 5.02 Å². The van der Waals surface area contributed by atoms with E-state index in [1.54, 1.807) is 0 Å². The van der Waals surface area contributed by atoms with E-state index in [9.17, 15) is 0 Å². The monoisotopic (exact) mass is 281 g/mol. The molecule has 1 nitrogen and oxygen atoms in total. The zero-order chi connectivity index (χ0) is 14.5. The van der Waals surface area contributed by atoms with Crippen LogP contribution < -0.4 is 5.32 Å². The van der Waals surface area contributed by atoms with Crippen LogP contribution in [0.4, 0.5) is 0 Å². The van der Waals surface area contributed by atoms with Crippen molar-refractivity contribution in [2.24, 2.45) is 11.3 Å². The van der Waals surface area contributed by atoms with Gasteiger partial charge in [0.25, 0.3) is 0 Å². The third kappa shape index (κ3) is 6.44. The Morgan fingerprint density at radius 3 is 2.37 bits per heavy atom. The van der Waals surface area contributed by atoms with E-state index in [1.807, 2.05) is 19.2 Å². The Hall–Kier alpha value is -0.530. The van der Waals surface area contributed by atoms with E-state index in [1.165, 1.54) is 18.4 Å². The van der Waals surface area contributed by atoms with E-state index in [-0.39, 0.29) is 0 Å². The summed E-state index contributed by atoms with van der Waals surface area (Å²) in [6.07, 6.45) is 3.46. The molecule has 19 heavy (non-hydrogen) atoms. The second-order valence-corrected chi connectivity index (χ2v) is 7.29. The number of halogens is 1. The van der Waals surface area contributed by atoms with Crippen molar-refractivity contribution in [3.05, 3.63) is 34.9 Å². The van der Waals surface area contributed by atoms with Crippen molar-refractivity contribution in [1.29, 1.82) is 0 Å². The molecular formula is C17H28ClN. The van der Waals surface area contributed by atoms with Gasteiger partial charge in [0.05, 0.1) is 0 Å². The maximum Gasteiger partial charge on any atom is 0.0438 e. The second kappa shape index (κ2) is 7.31. The Balaban J connectivity index is 2.57. The summed E-state index contributed by atoms with van der Waals surface area (Å²) in [6.45, 7) is 9.28. The van der Waals surface area contributed by atoms with Gasteiger partial charge in [0.1, 0.15) is 0 Å². The van der Waals surface area contributed by atoms with E-state index in [0.717, 1.165) is 17.4 Å². The first-order chi connectivity index (χ1) is 8.81. The molecule has 0 aliphatic rings. The molecule has 0 bridgehead atoms. The highest BCUT2D eigenvalue weighted by Gasteiger charge is 2.19. The molecule has 0 fully saturated rings. The van der Waals surface area contributed by atoms with Gasteiger partial charge in [0, 0.05) is 11.1 Å². The number of rotatable bonds is 6. The van der Waals surface area contributed by atoms with Crippen molar-refractivity contribution in [3.8, 4) is 0 Å². The predicted octanol–water partition coefficient (Wildman–Crippen LogP) is 4.93. The number of nitrogens with one attached hydrogen (secondary N) is 1. The lowest BCUT2D eigenvalue weighted by atomic mass is 9.82. The largest absolute Gasteiger partial charge is 0.317 e. The molecule has 0 heterocycles. The number of benzene rings is 1. The topological polar surface area (TPSA) is 12.0 Å². The highest BCUT2D eigenvalue weighted by molar-refractivity contribution is 6.31. The fourth-order valence-electron chi connectivity index (χ4n) is 2.85. The molecule has 0 spiro atoms. The van der Waals surface area contributed by atoms with Gasteiger partial charge >= 0.3 is 0 Å². The average molecular weight is 282 g/mol. The normalized spacial score (nSPS) is 15.3. The van der Waals surface area contributed by atoms with E-state index in [2.05, 4.69) is 45.1 Å². The first-order valence-corrected chi connectivity index (χ1v) is 7.60. The summed E-state index contributed by atoms with van der Waals surface area (Å²) in [5, 5.41) is 4.32. The molecule has 0 aromatic heterocycles. The van der Waals surface area contributed by atoms with Crippen molar-refractivity contribution in [2.75, 3.05) is 7.05 Å². The highest BCUT2D eigenvalue weighted by atomic mass is 35.5. The molecule has 0 radical (unpaired) electrons. The number of hydrogen-bond acceptors (Lipinski definition) is 1. The Labute approximate surface area is 123 Å². The van der Waals surface area contributed by atoms with Gasteiger partial charge < -0.3 is 5.32 Å². The minimum absolute atomic E-state index is 0.405. The summed E-state index contributed by atoms with van der Waals surface area (Å²) in [5.74, 6) is 0.722. The minimum atomic E-state index is 0.405. The third-order valence-electron chi connectivity index (χ3n) is 3.48. The van der Waals surface area contributed by atoms with E-state index in [4.69, 9.17) is 11.6 Å². The van der Waals surface area contributed by atoms with Crippen LogP contribution in [0.1, 0.15) is 46.1 Å². The zero-order valence-corrected chi connectivity index (χ0v) is 13.7. The Bertz CT molecular complexity index is 381. The molecule has 0 saturated carbocycles. The maximum atomic E-state index is 6.24. The molecule has 0 aliphatic heterocycles. The van der Waals surface area contributed by atoms with Crippen LogP contribution in [0.25, 0.3) is 0 Å². The average Bonchev–Trinajstić information content (AvgIpc) is 2.28. The minimum Gasteiger partial charge on any atom is -0.317 e. The summed E-state index contributed by atoms with van der Waals surface area (Å²) in [7, 11) is 2.05. The van der Waals surface area contributed by atoms with Crippen LogP contribution in [-0.2, 0) is 6.42 Å². The quantitative estimate of drug-likeness (QED) is 0.779. The molecule has 1 aromatic rings. The summed E-state index contributed by atoms with van der Waals surface area (Å²) in [5.41, 5.74) is 1.65. The standard InChI is InChI=1S/C17H28ClN/c1-13(12-17(2,3)4)10-15(19-5)11-14-8-6-7-9-16(14)18/h6-9,13,15,19H,10-12H2,1-5H3. The van der Waals surface area contributed by atoms with Gasteiger partial charge in [0.15, 0.2) is 0 Å². The molecule has 1 rings (SSSR count). The van der Waals surface area contributed by atoms with Gasteiger partial charge in [-0.15, -0.1) is 0 Å². The maximum absolute atomic E-state index is 6.24. The van der Waals surface area contributed by atoms with Crippen molar-refractivity contribution in [2.45, 2.75) is 53.0 Å². The lowest BCUT2D eigenvalue weighted by Crippen LogP contribution is -2.30. The first kappa shape index (κ1) is 16.5. The lowest BCUT2D eigenvalue weighted by molar-refractivity contribution is 0.277. The van der Waals surface area contributed by atoms with Gasteiger partial charge in [-0.3, -0.25) is 0 Å². The van der Waals surface area contributed by atoms with Crippen LogP contribution in [-0.4, -0.2) is 13.1 Å². The first-order valence-electron chi connectivity index (χ1n) is 7.22. The third-order valence-corrected chi connectivity index (χ3v) is 3.85. The van der Waals surface area contributed by atoms with Gasteiger partial charge in [-0.2, -0.15) is 0 Å². The highest BCUT2D eigenvalue weighted by Crippen LogP contribution is 2.27. The van der Waals surface area contributed by atoms with Crippen LogP contribution in [0, 0.1) is 11.3 Å². The van der Waals surface area contributed by atoms with Crippen LogP contribution in [0.15, 0.2) is 24.3 Å². The van der Waals surface area contributed by atoms with Gasteiger partial charge in [-0.25, -0.2) is 0 Å². The number of likely N-dealkylation sites (N-methyl/N-ethyl adjacent to an activating group) is 1.